The number of hydrogen-bond donors (Lipinski definition) is 2. The number of benzene rings is 1. The number of hydrogen-bond acceptors (Lipinski definition) is 3. The number of ether oxygens (including phenoxy) is 1. The molecule has 0 fully saturated rings. The fraction of sp³-hybridized carbons (Fsp3) is 0.333. The summed E-state index contributed by atoms with van der Waals surface area (Å²) < 4.78 is 4.95. The van der Waals surface area contributed by atoms with Crippen LogP contribution in [0.5, 0.6) is 0 Å². The second-order valence-electron chi connectivity index (χ2n) is 2.50. The lowest BCUT2D eigenvalue weighted by atomic mass is 10.2. The first kappa shape index (κ1) is 9.19. The first-order valence-electron chi connectivity index (χ1n) is 3.87. The molecule has 3 N–H and O–H groups in total. The molecule has 0 heterocycles. The Morgan fingerprint density at radius 2 is 2.00 bits per heavy atom. The van der Waals surface area contributed by atoms with Gasteiger partial charge in [-0.25, -0.2) is 0 Å². The number of rotatable bonds is 3. The van der Waals surface area contributed by atoms with Gasteiger partial charge in [0.1, 0.15) is 0 Å². The molecule has 0 aromatic heterocycles. The third kappa shape index (κ3) is 2.04. The first-order chi connectivity index (χ1) is 5.67. The van der Waals surface area contributed by atoms with E-state index >= 15 is 0 Å². The van der Waals surface area contributed by atoms with E-state index in [0.29, 0.717) is 12.2 Å². The Hall–Kier alpha value is -0.900. The predicted octanol–water partition coefficient (Wildman–Crippen LogP) is 0.784. The Balaban J connectivity index is 2.82. The molecule has 0 radical (unpaired) electrons. The highest BCUT2D eigenvalue weighted by molar-refractivity contribution is 5.18. The van der Waals surface area contributed by atoms with Gasteiger partial charge in [-0.3, -0.25) is 5.73 Å². The van der Waals surface area contributed by atoms with Crippen molar-refractivity contribution in [2.45, 2.75) is 12.8 Å². The van der Waals surface area contributed by atoms with Crippen molar-refractivity contribution in [1.29, 1.82) is 0 Å². The maximum absolute atomic E-state index is 9.54. The fourth-order valence-electron chi connectivity index (χ4n) is 0.980. The molecule has 0 aliphatic carbocycles. The molecule has 0 amide bonds. The maximum atomic E-state index is 9.54. The number of nitrogens with two attached hydrogens (primary N) is 1. The quantitative estimate of drug-likeness (QED) is 0.654. The zero-order valence-corrected chi connectivity index (χ0v) is 7.03. The van der Waals surface area contributed by atoms with E-state index in [2.05, 4.69) is 0 Å². The molecule has 12 heavy (non-hydrogen) atoms. The van der Waals surface area contributed by atoms with Crippen LogP contribution in [0.3, 0.4) is 0 Å². The highest BCUT2D eigenvalue weighted by Gasteiger charge is 2.22. The van der Waals surface area contributed by atoms with Gasteiger partial charge in [-0.1, -0.05) is 30.3 Å². The third-order valence-corrected chi connectivity index (χ3v) is 1.55. The molecular weight excluding hydrogens is 154 g/mol. The van der Waals surface area contributed by atoms with E-state index in [-0.39, 0.29) is 0 Å². The van der Waals surface area contributed by atoms with E-state index < -0.39 is 5.91 Å². The van der Waals surface area contributed by atoms with E-state index in [1.54, 1.807) is 31.2 Å². The largest absolute Gasteiger partial charge is 0.350 e. The van der Waals surface area contributed by atoms with Crippen LogP contribution in [-0.4, -0.2) is 11.7 Å². The van der Waals surface area contributed by atoms with Gasteiger partial charge in [0, 0.05) is 12.2 Å². The van der Waals surface area contributed by atoms with Crippen molar-refractivity contribution in [2.75, 3.05) is 6.61 Å². The molecule has 1 rings (SSSR count). The van der Waals surface area contributed by atoms with Crippen LogP contribution in [-0.2, 0) is 10.6 Å². The van der Waals surface area contributed by atoms with Crippen molar-refractivity contribution in [1.82, 2.24) is 0 Å². The van der Waals surface area contributed by atoms with Crippen molar-refractivity contribution in [3.05, 3.63) is 35.9 Å². The highest BCUT2D eigenvalue weighted by Crippen LogP contribution is 2.15. The summed E-state index contributed by atoms with van der Waals surface area (Å²) in [5, 5.41) is 9.54. The van der Waals surface area contributed by atoms with Gasteiger partial charge in [-0.05, 0) is 6.92 Å². The molecule has 0 aliphatic rings. The summed E-state index contributed by atoms with van der Waals surface area (Å²) in [7, 11) is 0. The van der Waals surface area contributed by atoms with Gasteiger partial charge in [0.25, 0.3) is 5.91 Å². The molecule has 66 valence electrons. The van der Waals surface area contributed by atoms with Crippen molar-refractivity contribution >= 4 is 0 Å². The molecule has 1 atom stereocenters. The minimum absolute atomic E-state index is 0.377. The second kappa shape index (κ2) is 3.67. The molecule has 0 spiro atoms. The summed E-state index contributed by atoms with van der Waals surface area (Å²) in [6.07, 6.45) is 0. The van der Waals surface area contributed by atoms with Crippen molar-refractivity contribution in [3.8, 4) is 0 Å². The first-order valence-corrected chi connectivity index (χ1v) is 3.87. The van der Waals surface area contributed by atoms with Crippen LogP contribution < -0.4 is 5.73 Å². The minimum Gasteiger partial charge on any atom is -0.350 e. The SMILES string of the molecule is CCOC(N)(O)c1ccccc1. The summed E-state index contributed by atoms with van der Waals surface area (Å²) in [5.41, 5.74) is 6.04. The maximum Gasteiger partial charge on any atom is 0.250 e. The average molecular weight is 167 g/mol. The Morgan fingerprint density at radius 1 is 1.42 bits per heavy atom. The van der Waals surface area contributed by atoms with Crippen LogP contribution in [0.15, 0.2) is 30.3 Å². The molecule has 3 heteroatoms. The topological polar surface area (TPSA) is 55.5 Å². The van der Waals surface area contributed by atoms with Crippen LogP contribution in [0.25, 0.3) is 0 Å². The van der Waals surface area contributed by atoms with Gasteiger partial charge in [-0.2, -0.15) is 0 Å². The third-order valence-electron chi connectivity index (χ3n) is 1.55. The summed E-state index contributed by atoms with van der Waals surface area (Å²) in [4.78, 5) is 0. The Labute approximate surface area is 71.8 Å². The summed E-state index contributed by atoms with van der Waals surface area (Å²) in [6.45, 7) is 2.16. The normalized spacial score (nSPS) is 15.6. The van der Waals surface area contributed by atoms with E-state index in [1.165, 1.54) is 0 Å². The van der Waals surface area contributed by atoms with Crippen molar-refractivity contribution in [2.24, 2.45) is 5.73 Å². The van der Waals surface area contributed by atoms with Crippen molar-refractivity contribution in [3.63, 3.8) is 0 Å². The summed E-state index contributed by atoms with van der Waals surface area (Å²) >= 11 is 0. The Morgan fingerprint density at radius 3 is 2.50 bits per heavy atom. The average Bonchev–Trinajstić information content (AvgIpc) is 2.06. The van der Waals surface area contributed by atoms with Crippen LogP contribution in [0, 0.1) is 0 Å². The van der Waals surface area contributed by atoms with Gasteiger partial charge in [0.2, 0.25) is 0 Å². The molecule has 0 saturated heterocycles. The van der Waals surface area contributed by atoms with E-state index in [9.17, 15) is 5.11 Å². The fourth-order valence-corrected chi connectivity index (χ4v) is 0.980. The zero-order valence-electron chi connectivity index (χ0n) is 7.03. The lowest BCUT2D eigenvalue weighted by Crippen LogP contribution is -2.39. The smallest absolute Gasteiger partial charge is 0.250 e. The lowest BCUT2D eigenvalue weighted by Gasteiger charge is -2.22. The molecule has 0 aliphatic heterocycles. The molecule has 0 bridgehead atoms. The predicted molar refractivity (Wildman–Crippen MR) is 46.2 cm³/mol. The van der Waals surface area contributed by atoms with Crippen molar-refractivity contribution < 1.29 is 9.84 Å². The number of aliphatic hydroxyl groups is 1. The zero-order chi connectivity index (χ0) is 9.03. The summed E-state index contributed by atoms with van der Waals surface area (Å²) in [5.74, 6) is -1.66. The molecule has 1 aromatic rings. The molecule has 1 unspecified atom stereocenters. The van der Waals surface area contributed by atoms with Gasteiger partial charge in [-0.15, -0.1) is 0 Å². The van der Waals surface area contributed by atoms with Gasteiger partial charge in [0.15, 0.2) is 0 Å². The van der Waals surface area contributed by atoms with E-state index in [1.807, 2.05) is 6.07 Å². The van der Waals surface area contributed by atoms with E-state index in [0.717, 1.165) is 0 Å². The monoisotopic (exact) mass is 167 g/mol. The molecular formula is C9H13NO2. The molecule has 0 saturated carbocycles. The van der Waals surface area contributed by atoms with Crippen LogP contribution in [0.2, 0.25) is 0 Å². The molecule has 1 aromatic carbocycles. The van der Waals surface area contributed by atoms with Gasteiger partial charge in [0.05, 0.1) is 0 Å². The molecule has 3 nitrogen and oxygen atoms in total. The Bertz CT molecular complexity index is 234. The summed E-state index contributed by atoms with van der Waals surface area (Å²) in [6, 6.07) is 8.88. The van der Waals surface area contributed by atoms with Gasteiger partial charge < -0.3 is 9.84 Å². The van der Waals surface area contributed by atoms with Gasteiger partial charge >= 0.3 is 0 Å². The standard InChI is InChI=1S/C9H13NO2/c1-2-12-9(10,11)8-6-4-3-5-7-8/h3-7,11H,2,10H2,1H3. The second-order valence-corrected chi connectivity index (χ2v) is 2.50. The lowest BCUT2D eigenvalue weighted by molar-refractivity contribution is -0.205. The van der Waals surface area contributed by atoms with E-state index in [4.69, 9.17) is 10.5 Å². The highest BCUT2D eigenvalue weighted by atomic mass is 16.6. The minimum atomic E-state index is -1.66. The van der Waals surface area contributed by atoms with Crippen LogP contribution in [0.4, 0.5) is 0 Å². The van der Waals surface area contributed by atoms with Crippen LogP contribution >= 0.6 is 0 Å². The van der Waals surface area contributed by atoms with Crippen LogP contribution in [0.1, 0.15) is 12.5 Å². The Kier molecular flexibility index (Phi) is 2.81.